The second-order valence-corrected chi connectivity index (χ2v) is 5.38. The molecule has 94 valence electrons. The van der Waals surface area contributed by atoms with Gasteiger partial charge >= 0.3 is 0 Å². The Labute approximate surface area is 105 Å². The van der Waals surface area contributed by atoms with Gasteiger partial charge in [0.2, 0.25) is 0 Å². The van der Waals surface area contributed by atoms with Crippen molar-refractivity contribution >= 4 is 0 Å². The van der Waals surface area contributed by atoms with Crippen molar-refractivity contribution in [2.75, 3.05) is 27.2 Å². The van der Waals surface area contributed by atoms with E-state index in [1.165, 1.54) is 37.8 Å². The molecule has 2 rings (SSSR count). The first-order chi connectivity index (χ1) is 8.23. The molecule has 0 spiro atoms. The van der Waals surface area contributed by atoms with Crippen LogP contribution in [0, 0.1) is 0 Å². The van der Waals surface area contributed by atoms with E-state index in [2.05, 4.69) is 54.6 Å². The molecule has 1 fully saturated rings. The Kier molecular flexibility index (Phi) is 4.19. The highest BCUT2D eigenvalue weighted by Crippen LogP contribution is 2.27. The molecule has 1 heterocycles. The molecule has 1 atom stereocenters. The highest BCUT2D eigenvalue weighted by Gasteiger charge is 2.33. The van der Waals surface area contributed by atoms with Crippen LogP contribution >= 0.6 is 0 Å². The van der Waals surface area contributed by atoms with E-state index < -0.39 is 0 Å². The van der Waals surface area contributed by atoms with Crippen molar-refractivity contribution in [1.82, 2.24) is 10.2 Å². The minimum absolute atomic E-state index is 0.355. The van der Waals surface area contributed by atoms with Crippen molar-refractivity contribution in [2.45, 2.75) is 31.2 Å². The number of nitrogens with zero attached hydrogens (tertiary/aromatic N) is 1. The molecule has 1 saturated heterocycles. The highest BCUT2D eigenvalue weighted by atomic mass is 15.2. The molecule has 0 bridgehead atoms. The Bertz CT molecular complexity index is 326. The van der Waals surface area contributed by atoms with E-state index >= 15 is 0 Å². The number of nitrogens with one attached hydrogen (secondary N) is 1. The molecule has 2 heteroatoms. The number of hydrogen-bond donors (Lipinski definition) is 1. The lowest BCUT2D eigenvalue weighted by Crippen LogP contribution is -2.55. The molecule has 0 aliphatic carbocycles. The van der Waals surface area contributed by atoms with Crippen molar-refractivity contribution in [3.8, 4) is 0 Å². The summed E-state index contributed by atoms with van der Waals surface area (Å²) in [5.74, 6) is 0. The van der Waals surface area contributed by atoms with E-state index in [-0.39, 0.29) is 0 Å². The van der Waals surface area contributed by atoms with Crippen molar-refractivity contribution < 1.29 is 0 Å². The average molecular weight is 232 g/mol. The van der Waals surface area contributed by atoms with Gasteiger partial charge in [0.15, 0.2) is 0 Å². The van der Waals surface area contributed by atoms with Crippen molar-refractivity contribution in [3.63, 3.8) is 0 Å². The third-order valence-electron chi connectivity index (χ3n) is 4.12. The van der Waals surface area contributed by atoms with E-state index in [1.807, 2.05) is 0 Å². The zero-order valence-electron chi connectivity index (χ0n) is 11.1. The molecule has 0 saturated carbocycles. The second-order valence-electron chi connectivity index (χ2n) is 5.38. The molecule has 0 aromatic heterocycles. The summed E-state index contributed by atoms with van der Waals surface area (Å²) in [5, 5.41) is 3.55. The van der Waals surface area contributed by atoms with Crippen LogP contribution in [-0.2, 0) is 6.42 Å². The standard InChI is InChI=1S/C15H24N2/c1-17(2)15(10-6-12-16-13-15)11-9-14-7-4-3-5-8-14/h3-5,7-8,16H,6,9-13H2,1-2H3. The zero-order chi connectivity index (χ0) is 12.1. The maximum absolute atomic E-state index is 3.55. The van der Waals surface area contributed by atoms with Crippen molar-refractivity contribution in [2.24, 2.45) is 0 Å². The van der Waals surface area contributed by atoms with Crippen LogP contribution in [0.25, 0.3) is 0 Å². The lowest BCUT2D eigenvalue weighted by molar-refractivity contribution is 0.104. The van der Waals surface area contributed by atoms with E-state index in [0.717, 1.165) is 6.54 Å². The molecule has 0 radical (unpaired) electrons. The minimum Gasteiger partial charge on any atom is -0.315 e. The molecule has 1 aromatic rings. The quantitative estimate of drug-likeness (QED) is 0.857. The van der Waals surface area contributed by atoms with Gasteiger partial charge < -0.3 is 10.2 Å². The first kappa shape index (κ1) is 12.6. The van der Waals surface area contributed by atoms with E-state index in [9.17, 15) is 0 Å². The molecule has 1 aromatic carbocycles. The Balaban J connectivity index is 1.98. The Morgan fingerprint density at radius 1 is 1.24 bits per heavy atom. The number of rotatable bonds is 4. The summed E-state index contributed by atoms with van der Waals surface area (Å²) in [5.41, 5.74) is 1.81. The van der Waals surface area contributed by atoms with Gasteiger partial charge in [-0.05, 0) is 51.9 Å². The summed E-state index contributed by atoms with van der Waals surface area (Å²) in [6.07, 6.45) is 5.05. The second kappa shape index (κ2) is 5.65. The first-order valence-corrected chi connectivity index (χ1v) is 6.65. The molecule has 1 N–H and O–H groups in total. The molecular weight excluding hydrogens is 208 g/mol. The number of piperidine rings is 1. The summed E-state index contributed by atoms with van der Waals surface area (Å²) in [6, 6.07) is 10.8. The van der Waals surface area contributed by atoms with Crippen LogP contribution in [0.5, 0.6) is 0 Å². The summed E-state index contributed by atoms with van der Waals surface area (Å²) in [6.45, 7) is 2.31. The molecule has 1 aliphatic rings. The van der Waals surface area contributed by atoms with Gasteiger partial charge in [-0.3, -0.25) is 0 Å². The maximum Gasteiger partial charge on any atom is 0.0331 e. The number of benzene rings is 1. The predicted molar refractivity (Wildman–Crippen MR) is 73.3 cm³/mol. The molecular formula is C15H24N2. The summed E-state index contributed by atoms with van der Waals surface area (Å²) >= 11 is 0. The van der Waals surface area contributed by atoms with Crippen LogP contribution in [0.3, 0.4) is 0 Å². The normalized spacial score (nSPS) is 25.1. The van der Waals surface area contributed by atoms with Gasteiger partial charge in [0.1, 0.15) is 0 Å². The first-order valence-electron chi connectivity index (χ1n) is 6.65. The molecule has 17 heavy (non-hydrogen) atoms. The van der Waals surface area contributed by atoms with Gasteiger partial charge in [-0.1, -0.05) is 30.3 Å². The van der Waals surface area contributed by atoms with Crippen molar-refractivity contribution in [3.05, 3.63) is 35.9 Å². The zero-order valence-corrected chi connectivity index (χ0v) is 11.1. The van der Waals surface area contributed by atoms with Crippen molar-refractivity contribution in [1.29, 1.82) is 0 Å². The fourth-order valence-electron chi connectivity index (χ4n) is 2.79. The lowest BCUT2D eigenvalue weighted by Gasteiger charge is -2.43. The fraction of sp³-hybridized carbons (Fsp3) is 0.600. The van der Waals surface area contributed by atoms with Crippen LogP contribution < -0.4 is 5.32 Å². The number of hydrogen-bond acceptors (Lipinski definition) is 2. The topological polar surface area (TPSA) is 15.3 Å². The fourth-order valence-corrected chi connectivity index (χ4v) is 2.79. The summed E-state index contributed by atoms with van der Waals surface area (Å²) in [4.78, 5) is 2.42. The summed E-state index contributed by atoms with van der Waals surface area (Å²) < 4.78 is 0. The van der Waals surface area contributed by atoms with E-state index in [1.54, 1.807) is 0 Å². The van der Waals surface area contributed by atoms with Crippen LogP contribution in [0.4, 0.5) is 0 Å². The largest absolute Gasteiger partial charge is 0.315 e. The van der Waals surface area contributed by atoms with Crippen LogP contribution in [0.1, 0.15) is 24.8 Å². The van der Waals surface area contributed by atoms with E-state index in [0.29, 0.717) is 5.54 Å². The van der Waals surface area contributed by atoms with Crippen LogP contribution in [-0.4, -0.2) is 37.6 Å². The van der Waals surface area contributed by atoms with Gasteiger partial charge in [-0.15, -0.1) is 0 Å². The van der Waals surface area contributed by atoms with Gasteiger partial charge in [0, 0.05) is 12.1 Å². The predicted octanol–water partition coefficient (Wildman–Crippen LogP) is 2.30. The smallest absolute Gasteiger partial charge is 0.0331 e. The highest BCUT2D eigenvalue weighted by molar-refractivity contribution is 5.15. The third-order valence-corrected chi connectivity index (χ3v) is 4.12. The molecule has 0 amide bonds. The average Bonchev–Trinajstić information content (AvgIpc) is 2.38. The Morgan fingerprint density at radius 2 is 2.00 bits per heavy atom. The molecule has 2 nitrogen and oxygen atoms in total. The van der Waals surface area contributed by atoms with Gasteiger partial charge in [-0.2, -0.15) is 0 Å². The molecule has 1 aliphatic heterocycles. The third kappa shape index (κ3) is 3.08. The minimum atomic E-state index is 0.355. The monoisotopic (exact) mass is 232 g/mol. The summed E-state index contributed by atoms with van der Waals surface area (Å²) in [7, 11) is 4.44. The van der Waals surface area contributed by atoms with Crippen LogP contribution in [0.15, 0.2) is 30.3 Å². The lowest BCUT2D eigenvalue weighted by atomic mass is 9.83. The van der Waals surface area contributed by atoms with E-state index in [4.69, 9.17) is 0 Å². The van der Waals surface area contributed by atoms with Gasteiger partial charge in [0.05, 0.1) is 0 Å². The van der Waals surface area contributed by atoms with Crippen LogP contribution in [0.2, 0.25) is 0 Å². The number of likely N-dealkylation sites (N-methyl/N-ethyl adjacent to an activating group) is 1. The van der Waals surface area contributed by atoms with Gasteiger partial charge in [-0.25, -0.2) is 0 Å². The SMILES string of the molecule is CN(C)C1(CCc2ccccc2)CCCNC1. The maximum atomic E-state index is 3.55. The van der Waals surface area contributed by atoms with Gasteiger partial charge in [0.25, 0.3) is 0 Å². The number of aryl methyl sites for hydroxylation is 1. The Hall–Kier alpha value is -0.860. The Morgan fingerprint density at radius 3 is 2.59 bits per heavy atom. The molecule has 1 unspecified atom stereocenters.